The van der Waals surface area contributed by atoms with E-state index in [2.05, 4.69) is 42.2 Å². The van der Waals surface area contributed by atoms with E-state index in [0.29, 0.717) is 6.42 Å². The average Bonchev–Trinajstić information content (AvgIpc) is 3.19. The molecule has 1 aromatic heterocycles. The fraction of sp³-hybridized carbons (Fsp3) is 0.407. The molecule has 1 saturated heterocycles. The Morgan fingerprint density at radius 3 is 2.59 bits per heavy atom. The van der Waals surface area contributed by atoms with Gasteiger partial charge >= 0.3 is 0 Å². The average molecular weight is 428 g/mol. The number of H-pyrrole nitrogens is 1. The molecule has 2 atom stereocenters. The van der Waals surface area contributed by atoms with Crippen molar-refractivity contribution in [2.24, 2.45) is 0 Å². The van der Waals surface area contributed by atoms with Crippen molar-refractivity contribution in [3.63, 3.8) is 0 Å². The van der Waals surface area contributed by atoms with Gasteiger partial charge in [0.15, 0.2) is 0 Å². The number of benzene rings is 2. The topological polar surface area (TPSA) is 56.4 Å². The maximum Gasteiger partial charge on any atom is 0.246 e. The molecule has 0 bridgehead atoms. The SMILES string of the molecule is Cc1cccc([C@@H]2c3[nH]c4ccccc4c3C[C@H]3C(=O)N(C4CCCCC4)CC(=O)N23)c1. The predicted molar refractivity (Wildman–Crippen MR) is 124 cm³/mol. The largest absolute Gasteiger partial charge is 0.356 e. The number of aromatic nitrogens is 1. The van der Waals surface area contributed by atoms with Crippen LogP contribution in [0.2, 0.25) is 0 Å². The van der Waals surface area contributed by atoms with Crippen LogP contribution in [0.4, 0.5) is 0 Å². The van der Waals surface area contributed by atoms with Crippen molar-refractivity contribution in [3.05, 3.63) is 70.9 Å². The molecule has 2 aliphatic heterocycles. The molecule has 0 unspecified atom stereocenters. The first-order valence-corrected chi connectivity index (χ1v) is 11.9. The van der Waals surface area contributed by atoms with E-state index in [-0.39, 0.29) is 30.4 Å². The van der Waals surface area contributed by atoms with Gasteiger partial charge in [0.2, 0.25) is 11.8 Å². The highest BCUT2D eigenvalue weighted by molar-refractivity contribution is 5.97. The van der Waals surface area contributed by atoms with Crippen molar-refractivity contribution in [3.8, 4) is 0 Å². The Bertz CT molecular complexity index is 1210. The first-order chi connectivity index (χ1) is 15.6. The van der Waals surface area contributed by atoms with Gasteiger partial charge in [-0.15, -0.1) is 0 Å². The lowest BCUT2D eigenvalue weighted by Crippen LogP contribution is -2.65. The Hall–Kier alpha value is -3.08. The molecule has 0 spiro atoms. The standard InChI is InChI=1S/C27H29N3O2/c1-17-8-7-9-18(14-17)26-25-21(20-12-5-6-13-22(20)28-25)15-23-27(32)29(16-24(31)30(23)26)19-10-3-2-4-11-19/h5-9,12-14,19,23,26,28H,2-4,10-11,15-16H2,1H3/t23-,26+/m0/s1. The fourth-order valence-electron chi connectivity index (χ4n) is 6.17. The third-order valence-electron chi connectivity index (χ3n) is 7.67. The van der Waals surface area contributed by atoms with Gasteiger partial charge in [-0.3, -0.25) is 9.59 Å². The van der Waals surface area contributed by atoms with Crippen LogP contribution in [0.5, 0.6) is 0 Å². The number of amides is 2. The predicted octanol–water partition coefficient (Wildman–Crippen LogP) is 4.49. The maximum atomic E-state index is 13.8. The third-order valence-corrected chi connectivity index (χ3v) is 7.67. The van der Waals surface area contributed by atoms with Crippen molar-refractivity contribution in [2.45, 2.75) is 63.6 Å². The number of carbonyl (C=O) groups is 2. The van der Waals surface area contributed by atoms with E-state index in [0.717, 1.165) is 53.4 Å². The van der Waals surface area contributed by atoms with Crippen LogP contribution in [-0.4, -0.2) is 45.2 Å². The molecule has 1 saturated carbocycles. The first kappa shape index (κ1) is 19.6. The lowest BCUT2D eigenvalue weighted by atomic mass is 9.84. The quantitative estimate of drug-likeness (QED) is 0.655. The van der Waals surface area contributed by atoms with Crippen molar-refractivity contribution in [1.29, 1.82) is 0 Å². The minimum atomic E-state index is -0.435. The van der Waals surface area contributed by atoms with Gasteiger partial charge in [-0.05, 0) is 37.0 Å². The van der Waals surface area contributed by atoms with Crippen molar-refractivity contribution >= 4 is 22.7 Å². The van der Waals surface area contributed by atoms with Gasteiger partial charge in [-0.1, -0.05) is 67.3 Å². The highest BCUT2D eigenvalue weighted by atomic mass is 16.2. The zero-order valence-corrected chi connectivity index (χ0v) is 18.5. The molecule has 2 aromatic carbocycles. The number of piperazine rings is 1. The van der Waals surface area contributed by atoms with Crippen LogP contribution in [0.25, 0.3) is 10.9 Å². The van der Waals surface area contributed by atoms with Crippen LogP contribution in [0.15, 0.2) is 48.5 Å². The van der Waals surface area contributed by atoms with Crippen molar-refractivity contribution in [2.75, 3.05) is 6.54 Å². The van der Waals surface area contributed by atoms with Gasteiger partial charge in [-0.2, -0.15) is 0 Å². The summed E-state index contributed by atoms with van der Waals surface area (Å²) in [5.41, 5.74) is 5.52. The second-order valence-corrected chi connectivity index (χ2v) is 9.66. The molecule has 0 radical (unpaired) electrons. The summed E-state index contributed by atoms with van der Waals surface area (Å²) in [6.45, 7) is 2.28. The molecule has 1 aliphatic carbocycles. The normalized spacial score (nSPS) is 24.0. The van der Waals surface area contributed by atoms with Gasteiger partial charge in [0.05, 0.1) is 6.04 Å². The summed E-state index contributed by atoms with van der Waals surface area (Å²) in [5.74, 6) is 0.195. The summed E-state index contributed by atoms with van der Waals surface area (Å²) in [5, 5.41) is 1.16. The Kier molecular flexibility index (Phi) is 4.60. The number of nitrogens with zero attached hydrogens (tertiary/aromatic N) is 2. The Morgan fingerprint density at radius 1 is 0.969 bits per heavy atom. The number of rotatable bonds is 2. The monoisotopic (exact) mass is 427 g/mol. The lowest BCUT2D eigenvalue weighted by Gasteiger charge is -2.49. The van der Waals surface area contributed by atoms with Gasteiger partial charge in [0.1, 0.15) is 12.6 Å². The number of carbonyl (C=O) groups excluding carboxylic acids is 2. The Balaban J connectivity index is 1.49. The van der Waals surface area contributed by atoms with Gasteiger partial charge in [0.25, 0.3) is 0 Å². The summed E-state index contributed by atoms with van der Waals surface area (Å²) < 4.78 is 0. The van der Waals surface area contributed by atoms with E-state index in [1.807, 2.05) is 28.0 Å². The molecule has 3 aliphatic rings. The zero-order valence-electron chi connectivity index (χ0n) is 18.5. The number of aromatic amines is 1. The van der Waals surface area contributed by atoms with Crippen molar-refractivity contribution in [1.82, 2.24) is 14.8 Å². The van der Waals surface area contributed by atoms with Gasteiger partial charge < -0.3 is 14.8 Å². The summed E-state index contributed by atoms with van der Waals surface area (Å²) in [7, 11) is 0. The lowest BCUT2D eigenvalue weighted by molar-refractivity contribution is -0.161. The minimum absolute atomic E-state index is 0.0657. The second kappa shape index (κ2) is 7.51. The molecule has 2 amide bonds. The summed E-state index contributed by atoms with van der Waals surface area (Å²) in [6, 6.07) is 16.1. The van der Waals surface area contributed by atoms with Gasteiger partial charge in [-0.25, -0.2) is 0 Å². The number of aryl methyl sites for hydroxylation is 1. The van der Waals surface area contributed by atoms with Gasteiger partial charge in [0, 0.05) is 29.1 Å². The van der Waals surface area contributed by atoms with Crippen LogP contribution < -0.4 is 0 Å². The molecular weight excluding hydrogens is 398 g/mol. The van der Waals surface area contributed by atoms with Crippen LogP contribution >= 0.6 is 0 Å². The molecular formula is C27H29N3O2. The van der Waals surface area contributed by atoms with Crippen LogP contribution in [0, 0.1) is 6.92 Å². The molecule has 6 rings (SSSR count). The molecule has 3 heterocycles. The maximum absolute atomic E-state index is 13.8. The van der Waals surface area contributed by atoms with Crippen molar-refractivity contribution < 1.29 is 9.59 Å². The van der Waals surface area contributed by atoms with E-state index >= 15 is 0 Å². The van der Waals surface area contributed by atoms with E-state index in [1.165, 1.54) is 12.0 Å². The smallest absolute Gasteiger partial charge is 0.246 e. The number of hydrogen-bond acceptors (Lipinski definition) is 2. The van der Waals surface area contributed by atoms with E-state index < -0.39 is 6.04 Å². The van der Waals surface area contributed by atoms with E-state index in [1.54, 1.807) is 0 Å². The molecule has 3 aromatic rings. The molecule has 2 fully saturated rings. The molecule has 5 nitrogen and oxygen atoms in total. The van der Waals surface area contributed by atoms with E-state index in [4.69, 9.17) is 0 Å². The Labute approximate surface area is 188 Å². The molecule has 1 N–H and O–H groups in total. The summed E-state index contributed by atoms with van der Waals surface area (Å²) in [4.78, 5) is 34.9. The first-order valence-electron chi connectivity index (χ1n) is 11.9. The number of para-hydroxylation sites is 1. The highest BCUT2D eigenvalue weighted by Crippen LogP contribution is 2.43. The third kappa shape index (κ3) is 2.98. The van der Waals surface area contributed by atoms with E-state index in [9.17, 15) is 9.59 Å². The summed E-state index contributed by atoms with van der Waals surface area (Å²) >= 11 is 0. The minimum Gasteiger partial charge on any atom is -0.356 e. The summed E-state index contributed by atoms with van der Waals surface area (Å²) in [6.07, 6.45) is 6.15. The zero-order chi connectivity index (χ0) is 21.8. The number of nitrogens with one attached hydrogen (secondary N) is 1. The number of hydrogen-bond donors (Lipinski definition) is 1. The molecule has 32 heavy (non-hydrogen) atoms. The fourth-order valence-corrected chi connectivity index (χ4v) is 6.17. The van der Waals surface area contributed by atoms with Crippen LogP contribution in [0.1, 0.15) is 60.5 Å². The van der Waals surface area contributed by atoms with Crippen LogP contribution in [-0.2, 0) is 16.0 Å². The Morgan fingerprint density at radius 2 is 1.78 bits per heavy atom. The second-order valence-electron chi connectivity index (χ2n) is 9.66. The van der Waals surface area contributed by atoms with Crippen LogP contribution in [0.3, 0.4) is 0 Å². The highest BCUT2D eigenvalue weighted by Gasteiger charge is 2.49. The molecule has 164 valence electrons. The number of fused-ring (bicyclic) bond motifs is 4. The molecule has 5 heteroatoms.